The zero-order valence-corrected chi connectivity index (χ0v) is 14.5. The molecule has 1 aliphatic rings. The van der Waals surface area contributed by atoms with Gasteiger partial charge < -0.3 is 15.4 Å². The van der Waals surface area contributed by atoms with Crippen LogP contribution in [0.4, 0.5) is 16.3 Å². The SMILES string of the molecule is CN(C)c1nc(N)nc(CN2CCC(Oc3ccc(F)cc3)CC2)n1. The summed E-state index contributed by atoms with van der Waals surface area (Å²) < 4.78 is 18.9. The number of benzene rings is 1. The Balaban J connectivity index is 1.53. The van der Waals surface area contributed by atoms with Gasteiger partial charge in [-0.3, -0.25) is 4.90 Å². The van der Waals surface area contributed by atoms with Crippen molar-refractivity contribution in [3.63, 3.8) is 0 Å². The number of rotatable bonds is 5. The Morgan fingerprint density at radius 1 is 1.16 bits per heavy atom. The van der Waals surface area contributed by atoms with Gasteiger partial charge in [-0.2, -0.15) is 15.0 Å². The van der Waals surface area contributed by atoms with Crippen molar-refractivity contribution in [3.8, 4) is 5.75 Å². The molecule has 1 aliphatic heterocycles. The second-order valence-electron chi connectivity index (χ2n) is 6.35. The van der Waals surface area contributed by atoms with E-state index in [0.29, 0.717) is 24.1 Å². The van der Waals surface area contributed by atoms with Crippen LogP contribution in [0.1, 0.15) is 18.7 Å². The van der Waals surface area contributed by atoms with E-state index < -0.39 is 0 Å². The normalized spacial score (nSPS) is 16.0. The summed E-state index contributed by atoms with van der Waals surface area (Å²) in [6.07, 6.45) is 1.94. The summed E-state index contributed by atoms with van der Waals surface area (Å²) in [7, 11) is 3.74. The molecule has 0 amide bonds. The molecule has 0 saturated carbocycles. The predicted octanol–water partition coefficient (Wildman–Crippen LogP) is 1.70. The minimum atomic E-state index is -0.254. The van der Waals surface area contributed by atoms with E-state index in [4.69, 9.17) is 10.5 Å². The number of nitrogens with two attached hydrogens (primary N) is 1. The number of nitrogen functional groups attached to an aromatic ring is 1. The summed E-state index contributed by atoms with van der Waals surface area (Å²) in [6, 6.07) is 6.16. The van der Waals surface area contributed by atoms with Gasteiger partial charge in [-0.05, 0) is 37.1 Å². The quantitative estimate of drug-likeness (QED) is 0.882. The summed E-state index contributed by atoms with van der Waals surface area (Å²) in [4.78, 5) is 16.9. The first-order chi connectivity index (χ1) is 12.0. The van der Waals surface area contributed by atoms with Gasteiger partial charge in [-0.15, -0.1) is 0 Å². The van der Waals surface area contributed by atoms with Gasteiger partial charge in [0, 0.05) is 27.2 Å². The average Bonchev–Trinajstić information content (AvgIpc) is 2.58. The number of piperidine rings is 1. The van der Waals surface area contributed by atoms with Crippen LogP contribution in [0, 0.1) is 5.82 Å². The molecule has 25 heavy (non-hydrogen) atoms. The van der Waals surface area contributed by atoms with Gasteiger partial charge in [-0.1, -0.05) is 0 Å². The Hall–Kier alpha value is -2.48. The van der Waals surface area contributed by atoms with E-state index in [1.54, 1.807) is 12.1 Å². The van der Waals surface area contributed by atoms with Crippen molar-refractivity contribution in [2.24, 2.45) is 0 Å². The zero-order valence-electron chi connectivity index (χ0n) is 14.5. The second-order valence-corrected chi connectivity index (χ2v) is 6.35. The first-order valence-corrected chi connectivity index (χ1v) is 8.32. The smallest absolute Gasteiger partial charge is 0.229 e. The topological polar surface area (TPSA) is 80.4 Å². The summed E-state index contributed by atoms with van der Waals surface area (Å²) in [6.45, 7) is 2.40. The summed E-state index contributed by atoms with van der Waals surface area (Å²) in [5.74, 6) is 1.94. The molecular formula is C17H23FN6O. The van der Waals surface area contributed by atoms with Gasteiger partial charge in [0.2, 0.25) is 11.9 Å². The van der Waals surface area contributed by atoms with Crippen LogP contribution in [0.5, 0.6) is 5.75 Å². The van der Waals surface area contributed by atoms with E-state index >= 15 is 0 Å². The van der Waals surface area contributed by atoms with Crippen LogP contribution in [-0.4, -0.2) is 53.1 Å². The third kappa shape index (κ3) is 4.76. The number of likely N-dealkylation sites (tertiary alicyclic amines) is 1. The van der Waals surface area contributed by atoms with E-state index in [-0.39, 0.29) is 17.9 Å². The molecule has 0 spiro atoms. The molecule has 0 radical (unpaired) electrons. The molecule has 3 rings (SSSR count). The molecule has 1 fully saturated rings. The molecule has 0 atom stereocenters. The highest BCUT2D eigenvalue weighted by Crippen LogP contribution is 2.20. The molecule has 8 heteroatoms. The van der Waals surface area contributed by atoms with Gasteiger partial charge in [0.25, 0.3) is 0 Å². The van der Waals surface area contributed by atoms with Crippen molar-refractivity contribution in [1.29, 1.82) is 0 Å². The molecule has 134 valence electrons. The van der Waals surface area contributed by atoms with Gasteiger partial charge in [0.1, 0.15) is 23.5 Å². The maximum absolute atomic E-state index is 12.9. The molecule has 2 N–H and O–H groups in total. The van der Waals surface area contributed by atoms with E-state index in [1.807, 2.05) is 19.0 Å². The van der Waals surface area contributed by atoms with Crippen molar-refractivity contribution in [2.75, 3.05) is 37.8 Å². The van der Waals surface area contributed by atoms with Crippen LogP contribution in [0.25, 0.3) is 0 Å². The fraction of sp³-hybridized carbons (Fsp3) is 0.471. The predicted molar refractivity (Wildman–Crippen MR) is 93.9 cm³/mol. The molecule has 7 nitrogen and oxygen atoms in total. The monoisotopic (exact) mass is 346 g/mol. The lowest BCUT2D eigenvalue weighted by molar-refractivity contribution is 0.0953. The van der Waals surface area contributed by atoms with E-state index in [0.717, 1.165) is 25.9 Å². The Kier molecular flexibility index (Phi) is 5.28. The first-order valence-electron chi connectivity index (χ1n) is 8.32. The van der Waals surface area contributed by atoms with Crippen molar-refractivity contribution in [2.45, 2.75) is 25.5 Å². The molecule has 2 aromatic rings. The minimum Gasteiger partial charge on any atom is -0.490 e. The number of nitrogens with zero attached hydrogens (tertiary/aromatic N) is 5. The van der Waals surface area contributed by atoms with Gasteiger partial charge in [-0.25, -0.2) is 4.39 Å². The van der Waals surface area contributed by atoms with E-state index in [2.05, 4.69) is 19.9 Å². The molecule has 0 unspecified atom stereocenters. The summed E-state index contributed by atoms with van der Waals surface area (Å²) >= 11 is 0. The number of hydrogen-bond acceptors (Lipinski definition) is 7. The number of hydrogen-bond donors (Lipinski definition) is 1. The van der Waals surface area contributed by atoms with Crippen LogP contribution < -0.4 is 15.4 Å². The second kappa shape index (κ2) is 7.60. The number of aromatic nitrogens is 3. The van der Waals surface area contributed by atoms with Crippen LogP contribution in [-0.2, 0) is 6.54 Å². The number of halogens is 1. The lowest BCUT2D eigenvalue weighted by Gasteiger charge is -2.31. The van der Waals surface area contributed by atoms with Gasteiger partial charge in [0.05, 0.1) is 6.54 Å². The first kappa shape index (κ1) is 17.3. The largest absolute Gasteiger partial charge is 0.490 e. The highest BCUT2D eigenvalue weighted by molar-refractivity contribution is 5.32. The lowest BCUT2D eigenvalue weighted by Crippen LogP contribution is -2.38. The van der Waals surface area contributed by atoms with E-state index in [1.165, 1.54) is 12.1 Å². The Labute approximate surface area is 146 Å². The summed E-state index contributed by atoms with van der Waals surface area (Å²) in [5, 5.41) is 0. The van der Waals surface area contributed by atoms with Crippen LogP contribution >= 0.6 is 0 Å². The molecule has 1 aromatic heterocycles. The number of ether oxygens (including phenoxy) is 1. The average molecular weight is 346 g/mol. The third-order valence-corrected chi connectivity index (χ3v) is 4.10. The van der Waals surface area contributed by atoms with Gasteiger partial charge in [0.15, 0.2) is 0 Å². The fourth-order valence-corrected chi connectivity index (χ4v) is 2.79. The molecule has 1 aromatic carbocycles. The fourth-order valence-electron chi connectivity index (χ4n) is 2.79. The zero-order chi connectivity index (χ0) is 17.8. The van der Waals surface area contributed by atoms with Crippen LogP contribution in [0.15, 0.2) is 24.3 Å². The molecule has 1 saturated heterocycles. The van der Waals surface area contributed by atoms with Crippen molar-refractivity contribution >= 4 is 11.9 Å². The third-order valence-electron chi connectivity index (χ3n) is 4.10. The molecular weight excluding hydrogens is 323 g/mol. The van der Waals surface area contributed by atoms with Crippen LogP contribution in [0.2, 0.25) is 0 Å². The maximum atomic E-state index is 12.9. The Morgan fingerprint density at radius 3 is 2.48 bits per heavy atom. The summed E-state index contributed by atoms with van der Waals surface area (Å²) in [5.41, 5.74) is 5.77. The Morgan fingerprint density at radius 2 is 1.84 bits per heavy atom. The minimum absolute atomic E-state index is 0.141. The van der Waals surface area contributed by atoms with Gasteiger partial charge >= 0.3 is 0 Å². The molecule has 0 aliphatic carbocycles. The Bertz CT molecular complexity index is 701. The van der Waals surface area contributed by atoms with Crippen LogP contribution in [0.3, 0.4) is 0 Å². The van der Waals surface area contributed by atoms with Crippen molar-refractivity contribution < 1.29 is 9.13 Å². The van der Waals surface area contributed by atoms with Crippen molar-refractivity contribution in [3.05, 3.63) is 35.9 Å². The van der Waals surface area contributed by atoms with Crippen molar-refractivity contribution in [1.82, 2.24) is 19.9 Å². The molecule has 0 bridgehead atoms. The highest BCUT2D eigenvalue weighted by atomic mass is 19.1. The lowest BCUT2D eigenvalue weighted by atomic mass is 10.1. The standard InChI is InChI=1S/C17H23FN6O/c1-23(2)17-21-15(20-16(19)22-17)11-24-9-7-14(8-10-24)25-13-5-3-12(18)4-6-13/h3-6,14H,7-11H2,1-2H3,(H2,19,20,21,22). The maximum Gasteiger partial charge on any atom is 0.229 e. The van der Waals surface area contributed by atoms with E-state index in [9.17, 15) is 4.39 Å². The molecule has 2 heterocycles. The highest BCUT2D eigenvalue weighted by Gasteiger charge is 2.21. The number of anilines is 2.